The van der Waals surface area contributed by atoms with Crippen LogP contribution in [-0.4, -0.2) is 25.6 Å². The number of carbonyl (C=O) groups excluding carboxylic acids is 1. The number of amides is 1. The number of benzene rings is 1. The molecular formula is C15H23ClN2O2. The zero-order chi connectivity index (χ0) is 15.0. The molecule has 1 aromatic rings. The Morgan fingerprint density at radius 1 is 1.45 bits per heavy atom. The SMILES string of the molecule is CCCC(C)NC(=O)COc1cccc(Cl)c1CNC. The van der Waals surface area contributed by atoms with E-state index >= 15 is 0 Å². The first-order valence-electron chi connectivity index (χ1n) is 6.92. The van der Waals surface area contributed by atoms with Gasteiger partial charge in [-0.1, -0.05) is 31.0 Å². The second kappa shape index (κ2) is 8.82. The van der Waals surface area contributed by atoms with E-state index in [2.05, 4.69) is 17.6 Å². The number of rotatable bonds is 8. The van der Waals surface area contributed by atoms with Gasteiger partial charge in [0, 0.05) is 23.2 Å². The maximum Gasteiger partial charge on any atom is 0.258 e. The summed E-state index contributed by atoms with van der Waals surface area (Å²) in [6.07, 6.45) is 2.01. The van der Waals surface area contributed by atoms with Crippen molar-refractivity contribution in [3.8, 4) is 5.75 Å². The van der Waals surface area contributed by atoms with Gasteiger partial charge in [-0.3, -0.25) is 4.79 Å². The van der Waals surface area contributed by atoms with E-state index in [9.17, 15) is 4.79 Å². The Kier molecular flexibility index (Phi) is 7.41. The van der Waals surface area contributed by atoms with Crippen molar-refractivity contribution < 1.29 is 9.53 Å². The molecule has 0 aromatic heterocycles. The van der Waals surface area contributed by atoms with Crippen molar-refractivity contribution in [2.75, 3.05) is 13.7 Å². The summed E-state index contributed by atoms with van der Waals surface area (Å²) in [7, 11) is 1.84. The molecule has 20 heavy (non-hydrogen) atoms. The Morgan fingerprint density at radius 3 is 2.85 bits per heavy atom. The van der Waals surface area contributed by atoms with E-state index in [0.29, 0.717) is 17.3 Å². The van der Waals surface area contributed by atoms with Gasteiger partial charge in [-0.15, -0.1) is 0 Å². The molecule has 5 heteroatoms. The fourth-order valence-electron chi connectivity index (χ4n) is 1.99. The van der Waals surface area contributed by atoms with Gasteiger partial charge in [0.15, 0.2) is 6.61 Å². The predicted molar refractivity (Wildman–Crippen MR) is 82.2 cm³/mol. The number of hydrogen-bond acceptors (Lipinski definition) is 3. The molecule has 0 radical (unpaired) electrons. The van der Waals surface area contributed by atoms with Crippen LogP contribution in [0.3, 0.4) is 0 Å². The zero-order valence-electron chi connectivity index (χ0n) is 12.3. The van der Waals surface area contributed by atoms with E-state index in [1.165, 1.54) is 0 Å². The summed E-state index contributed by atoms with van der Waals surface area (Å²) >= 11 is 6.13. The third-order valence-electron chi connectivity index (χ3n) is 2.92. The fraction of sp³-hybridized carbons (Fsp3) is 0.533. The molecule has 0 saturated carbocycles. The number of halogens is 1. The van der Waals surface area contributed by atoms with Crippen molar-refractivity contribution in [2.24, 2.45) is 0 Å². The van der Waals surface area contributed by atoms with Crippen molar-refractivity contribution in [1.29, 1.82) is 0 Å². The van der Waals surface area contributed by atoms with E-state index < -0.39 is 0 Å². The van der Waals surface area contributed by atoms with Gasteiger partial charge in [0.25, 0.3) is 5.91 Å². The standard InChI is InChI=1S/C15H23ClN2O2/c1-4-6-11(2)18-15(19)10-20-14-8-5-7-13(16)12(14)9-17-3/h5,7-8,11,17H,4,6,9-10H2,1-3H3,(H,18,19). The molecule has 1 aromatic carbocycles. The molecule has 0 heterocycles. The van der Waals surface area contributed by atoms with Crippen molar-refractivity contribution in [1.82, 2.24) is 10.6 Å². The second-order valence-corrected chi connectivity index (χ2v) is 5.20. The zero-order valence-corrected chi connectivity index (χ0v) is 13.1. The van der Waals surface area contributed by atoms with Crippen LogP contribution in [0, 0.1) is 0 Å². The van der Waals surface area contributed by atoms with Gasteiger partial charge in [0.1, 0.15) is 5.75 Å². The van der Waals surface area contributed by atoms with Gasteiger partial charge >= 0.3 is 0 Å². The molecule has 112 valence electrons. The number of nitrogens with one attached hydrogen (secondary N) is 2. The van der Waals surface area contributed by atoms with Gasteiger partial charge in [-0.2, -0.15) is 0 Å². The molecule has 0 spiro atoms. The minimum absolute atomic E-state index is 0.00507. The molecule has 1 rings (SSSR count). The Bertz CT molecular complexity index is 438. The lowest BCUT2D eigenvalue weighted by Crippen LogP contribution is -2.36. The average Bonchev–Trinajstić information content (AvgIpc) is 2.40. The summed E-state index contributed by atoms with van der Waals surface area (Å²) < 4.78 is 5.57. The average molecular weight is 299 g/mol. The van der Waals surface area contributed by atoms with Crippen molar-refractivity contribution in [2.45, 2.75) is 39.3 Å². The molecule has 1 amide bonds. The first-order valence-corrected chi connectivity index (χ1v) is 7.30. The normalized spacial score (nSPS) is 12.0. The highest BCUT2D eigenvalue weighted by atomic mass is 35.5. The van der Waals surface area contributed by atoms with Crippen molar-refractivity contribution >= 4 is 17.5 Å². The summed E-state index contributed by atoms with van der Waals surface area (Å²) in [5.41, 5.74) is 0.867. The molecular weight excluding hydrogens is 276 g/mol. The maximum absolute atomic E-state index is 11.8. The van der Waals surface area contributed by atoms with Crippen molar-refractivity contribution in [3.05, 3.63) is 28.8 Å². The Labute approximate surface area is 125 Å². The number of carbonyl (C=O) groups is 1. The van der Waals surface area contributed by atoms with Crippen LogP contribution >= 0.6 is 11.6 Å². The lowest BCUT2D eigenvalue weighted by atomic mass is 10.2. The van der Waals surface area contributed by atoms with E-state index in [1.54, 1.807) is 0 Å². The molecule has 0 aliphatic rings. The maximum atomic E-state index is 11.8. The molecule has 1 atom stereocenters. The van der Waals surface area contributed by atoms with Gasteiger partial charge in [-0.05, 0) is 32.5 Å². The summed E-state index contributed by atoms with van der Waals surface area (Å²) in [6, 6.07) is 5.62. The quantitative estimate of drug-likeness (QED) is 0.776. The van der Waals surface area contributed by atoms with Crippen LogP contribution in [0.2, 0.25) is 5.02 Å². The van der Waals surface area contributed by atoms with Crippen LogP contribution < -0.4 is 15.4 Å². The molecule has 0 saturated heterocycles. The summed E-state index contributed by atoms with van der Waals surface area (Å²) in [5, 5.41) is 6.58. The fourth-order valence-corrected chi connectivity index (χ4v) is 2.22. The lowest BCUT2D eigenvalue weighted by Gasteiger charge is -2.15. The summed E-state index contributed by atoms with van der Waals surface area (Å²) in [6.45, 7) is 4.69. The molecule has 0 aliphatic carbocycles. The highest BCUT2D eigenvalue weighted by Crippen LogP contribution is 2.26. The largest absolute Gasteiger partial charge is 0.483 e. The minimum atomic E-state index is -0.110. The number of hydrogen-bond donors (Lipinski definition) is 2. The van der Waals surface area contributed by atoms with Crippen LogP contribution in [0.25, 0.3) is 0 Å². The van der Waals surface area contributed by atoms with Gasteiger partial charge < -0.3 is 15.4 Å². The van der Waals surface area contributed by atoms with Crippen LogP contribution in [0.1, 0.15) is 32.3 Å². The van der Waals surface area contributed by atoms with Crippen LogP contribution in [0.5, 0.6) is 5.75 Å². The third kappa shape index (κ3) is 5.39. The molecule has 1 unspecified atom stereocenters. The van der Waals surface area contributed by atoms with Crippen molar-refractivity contribution in [3.63, 3.8) is 0 Å². The topological polar surface area (TPSA) is 50.4 Å². The number of ether oxygens (including phenoxy) is 1. The monoisotopic (exact) mass is 298 g/mol. The Balaban J connectivity index is 2.57. The predicted octanol–water partition coefficient (Wildman–Crippen LogP) is 2.74. The molecule has 2 N–H and O–H groups in total. The Morgan fingerprint density at radius 2 is 2.20 bits per heavy atom. The van der Waals surface area contributed by atoms with E-state index in [0.717, 1.165) is 18.4 Å². The highest BCUT2D eigenvalue weighted by molar-refractivity contribution is 6.31. The van der Waals surface area contributed by atoms with E-state index in [1.807, 2.05) is 32.2 Å². The third-order valence-corrected chi connectivity index (χ3v) is 3.27. The highest BCUT2D eigenvalue weighted by Gasteiger charge is 2.11. The molecule has 0 aliphatic heterocycles. The van der Waals surface area contributed by atoms with Gasteiger partial charge in [0.05, 0.1) is 0 Å². The second-order valence-electron chi connectivity index (χ2n) is 4.79. The van der Waals surface area contributed by atoms with Crippen LogP contribution in [0.15, 0.2) is 18.2 Å². The first kappa shape index (κ1) is 16.8. The minimum Gasteiger partial charge on any atom is -0.483 e. The Hall–Kier alpha value is -1.26. The van der Waals surface area contributed by atoms with E-state index in [-0.39, 0.29) is 18.6 Å². The van der Waals surface area contributed by atoms with Crippen LogP contribution in [-0.2, 0) is 11.3 Å². The van der Waals surface area contributed by atoms with Gasteiger partial charge in [0.2, 0.25) is 0 Å². The van der Waals surface area contributed by atoms with Crippen LogP contribution in [0.4, 0.5) is 0 Å². The summed E-state index contributed by atoms with van der Waals surface area (Å²) in [4.78, 5) is 11.8. The first-order chi connectivity index (χ1) is 9.58. The summed E-state index contributed by atoms with van der Waals surface area (Å²) in [5.74, 6) is 0.534. The lowest BCUT2D eigenvalue weighted by molar-refractivity contribution is -0.123. The van der Waals surface area contributed by atoms with E-state index in [4.69, 9.17) is 16.3 Å². The molecule has 0 bridgehead atoms. The molecule has 4 nitrogen and oxygen atoms in total. The smallest absolute Gasteiger partial charge is 0.258 e. The molecule has 0 fully saturated rings. The van der Waals surface area contributed by atoms with Gasteiger partial charge in [-0.25, -0.2) is 0 Å².